The summed E-state index contributed by atoms with van der Waals surface area (Å²) in [6.07, 6.45) is 0. The molecule has 0 heterocycles. The summed E-state index contributed by atoms with van der Waals surface area (Å²) in [5.41, 5.74) is 1.29. The summed E-state index contributed by atoms with van der Waals surface area (Å²) in [6.45, 7) is 4.84. The van der Waals surface area contributed by atoms with E-state index in [-0.39, 0.29) is 18.3 Å². The minimum atomic E-state index is -0.415. The van der Waals surface area contributed by atoms with Gasteiger partial charge in [0.2, 0.25) is 0 Å². The molecular weight excluding hydrogens is 195 g/mol. The van der Waals surface area contributed by atoms with E-state index in [1.807, 2.05) is 13.8 Å². The largest absolute Gasteiger partial charge is 0.392 e. The number of hydrogen-bond acceptors (Lipinski definition) is 2. The number of carbonyl (C=O) groups excluding carboxylic acids is 1. The number of aliphatic hydroxyl groups is 1. The minimum absolute atomic E-state index is 0.00634. The molecule has 0 aliphatic heterocycles. The Balaban J connectivity index is 3.37. The zero-order valence-corrected chi connectivity index (χ0v) is 9.17. The number of rotatable bonds is 3. The van der Waals surface area contributed by atoms with Gasteiger partial charge in [-0.2, -0.15) is 0 Å². The highest BCUT2D eigenvalue weighted by molar-refractivity contribution is 5.94. The molecule has 0 amide bonds. The maximum atomic E-state index is 13.6. The van der Waals surface area contributed by atoms with Crippen LogP contribution in [-0.4, -0.2) is 10.9 Å². The van der Waals surface area contributed by atoms with Gasteiger partial charge in [-0.25, -0.2) is 4.39 Å². The highest BCUT2D eigenvalue weighted by atomic mass is 19.1. The third kappa shape index (κ3) is 2.42. The van der Waals surface area contributed by atoms with Crippen LogP contribution in [0.3, 0.4) is 0 Å². The Morgan fingerprint density at radius 3 is 2.47 bits per heavy atom. The molecule has 0 unspecified atom stereocenters. The summed E-state index contributed by atoms with van der Waals surface area (Å²) < 4.78 is 13.6. The van der Waals surface area contributed by atoms with Gasteiger partial charge in [-0.05, 0) is 36.1 Å². The van der Waals surface area contributed by atoms with Crippen molar-refractivity contribution in [2.75, 3.05) is 0 Å². The van der Waals surface area contributed by atoms with Crippen molar-refractivity contribution < 1.29 is 14.3 Å². The van der Waals surface area contributed by atoms with Gasteiger partial charge in [-0.1, -0.05) is 13.8 Å². The van der Waals surface area contributed by atoms with Gasteiger partial charge in [0.25, 0.3) is 0 Å². The van der Waals surface area contributed by atoms with E-state index in [9.17, 15) is 9.18 Å². The average molecular weight is 210 g/mol. The fourth-order valence-electron chi connectivity index (χ4n) is 1.66. The second-order valence-electron chi connectivity index (χ2n) is 3.90. The molecule has 2 nitrogen and oxygen atoms in total. The molecule has 0 aliphatic carbocycles. The molecule has 15 heavy (non-hydrogen) atoms. The van der Waals surface area contributed by atoms with Crippen LogP contribution < -0.4 is 0 Å². The molecule has 0 saturated heterocycles. The predicted molar refractivity (Wildman–Crippen MR) is 56.4 cm³/mol. The number of ketones is 1. The smallest absolute Gasteiger partial charge is 0.159 e. The monoisotopic (exact) mass is 210 g/mol. The number of Topliss-reactive ketones (excluding diaryl/α,β-unsaturated/α-hetero) is 1. The van der Waals surface area contributed by atoms with Crippen molar-refractivity contribution in [3.63, 3.8) is 0 Å². The van der Waals surface area contributed by atoms with Crippen molar-refractivity contribution in [1.82, 2.24) is 0 Å². The Kier molecular flexibility index (Phi) is 3.58. The molecule has 0 aliphatic rings. The van der Waals surface area contributed by atoms with E-state index >= 15 is 0 Å². The van der Waals surface area contributed by atoms with Crippen LogP contribution in [0.5, 0.6) is 0 Å². The van der Waals surface area contributed by atoms with Gasteiger partial charge in [-0.3, -0.25) is 4.79 Å². The quantitative estimate of drug-likeness (QED) is 0.779. The van der Waals surface area contributed by atoms with Crippen LogP contribution in [0.4, 0.5) is 4.39 Å². The molecule has 3 heteroatoms. The molecule has 1 aromatic carbocycles. The molecule has 1 N–H and O–H groups in total. The van der Waals surface area contributed by atoms with Crippen LogP contribution >= 0.6 is 0 Å². The molecule has 0 atom stereocenters. The van der Waals surface area contributed by atoms with Gasteiger partial charge < -0.3 is 5.11 Å². The van der Waals surface area contributed by atoms with Gasteiger partial charge >= 0.3 is 0 Å². The first kappa shape index (κ1) is 11.9. The normalized spacial score (nSPS) is 10.8. The maximum absolute atomic E-state index is 13.6. The molecular formula is C12H15FO2. The summed E-state index contributed by atoms with van der Waals surface area (Å²) >= 11 is 0. The molecule has 0 bridgehead atoms. The first-order valence-corrected chi connectivity index (χ1v) is 4.91. The van der Waals surface area contributed by atoms with E-state index < -0.39 is 5.82 Å². The van der Waals surface area contributed by atoms with Gasteiger partial charge in [-0.15, -0.1) is 0 Å². The second-order valence-corrected chi connectivity index (χ2v) is 3.90. The van der Waals surface area contributed by atoms with Gasteiger partial charge in [0.1, 0.15) is 5.82 Å². The van der Waals surface area contributed by atoms with E-state index in [2.05, 4.69) is 0 Å². The molecule has 0 spiro atoms. The Hall–Kier alpha value is -1.22. The number of carbonyl (C=O) groups is 1. The molecule has 0 aromatic heterocycles. The molecule has 1 rings (SSSR count). The lowest BCUT2D eigenvalue weighted by molar-refractivity contribution is 0.101. The van der Waals surface area contributed by atoms with Crippen LogP contribution in [0.1, 0.15) is 48.2 Å². The summed E-state index contributed by atoms with van der Waals surface area (Å²) in [6, 6.07) is 2.79. The third-order valence-electron chi connectivity index (χ3n) is 2.37. The Morgan fingerprint density at radius 2 is 2.07 bits per heavy atom. The van der Waals surface area contributed by atoms with E-state index in [1.54, 1.807) is 6.07 Å². The van der Waals surface area contributed by atoms with E-state index in [1.165, 1.54) is 13.0 Å². The summed E-state index contributed by atoms with van der Waals surface area (Å²) in [5, 5.41) is 9.12. The highest BCUT2D eigenvalue weighted by Gasteiger charge is 2.14. The van der Waals surface area contributed by atoms with Gasteiger partial charge in [0.05, 0.1) is 6.61 Å². The van der Waals surface area contributed by atoms with Crippen LogP contribution in [-0.2, 0) is 6.61 Å². The van der Waals surface area contributed by atoms with Crippen molar-refractivity contribution >= 4 is 5.78 Å². The molecule has 82 valence electrons. The predicted octanol–water partition coefficient (Wildman–Crippen LogP) is 2.64. The first-order chi connectivity index (χ1) is 6.97. The molecule has 1 aromatic rings. The fraction of sp³-hybridized carbons (Fsp3) is 0.417. The maximum Gasteiger partial charge on any atom is 0.159 e. The van der Waals surface area contributed by atoms with Gasteiger partial charge in [0, 0.05) is 5.56 Å². The van der Waals surface area contributed by atoms with Crippen molar-refractivity contribution in [3.05, 3.63) is 34.6 Å². The van der Waals surface area contributed by atoms with Crippen LogP contribution in [0.15, 0.2) is 12.1 Å². The Labute approximate surface area is 88.7 Å². The third-order valence-corrected chi connectivity index (χ3v) is 2.37. The zero-order chi connectivity index (χ0) is 11.6. The fourth-order valence-corrected chi connectivity index (χ4v) is 1.66. The van der Waals surface area contributed by atoms with Crippen LogP contribution in [0, 0.1) is 5.82 Å². The average Bonchev–Trinajstić information content (AvgIpc) is 2.15. The van der Waals surface area contributed by atoms with Crippen LogP contribution in [0.25, 0.3) is 0 Å². The lowest BCUT2D eigenvalue weighted by Crippen LogP contribution is -2.04. The SMILES string of the molecule is CC(=O)c1cc(F)c(C(C)C)c(CO)c1. The Bertz CT molecular complexity index is 383. The molecule has 0 radical (unpaired) electrons. The summed E-state index contributed by atoms with van der Waals surface area (Å²) in [7, 11) is 0. The van der Waals surface area contributed by atoms with E-state index in [4.69, 9.17) is 5.11 Å². The number of hydrogen-bond donors (Lipinski definition) is 1. The standard InChI is InChI=1S/C12H15FO2/c1-7(2)12-10(6-14)4-9(8(3)15)5-11(12)13/h4-5,7,14H,6H2,1-3H3. The first-order valence-electron chi connectivity index (χ1n) is 4.91. The number of aliphatic hydroxyl groups excluding tert-OH is 1. The zero-order valence-electron chi connectivity index (χ0n) is 9.17. The molecule has 0 fully saturated rings. The van der Waals surface area contributed by atoms with Gasteiger partial charge in [0.15, 0.2) is 5.78 Å². The summed E-state index contributed by atoms with van der Waals surface area (Å²) in [5.74, 6) is -0.617. The lowest BCUT2D eigenvalue weighted by atomic mass is 9.94. The summed E-state index contributed by atoms with van der Waals surface area (Å²) in [4.78, 5) is 11.1. The second kappa shape index (κ2) is 4.53. The number of benzene rings is 1. The van der Waals surface area contributed by atoms with E-state index in [0.29, 0.717) is 16.7 Å². The topological polar surface area (TPSA) is 37.3 Å². The van der Waals surface area contributed by atoms with Crippen LogP contribution in [0.2, 0.25) is 0 Å². The van der Waals surface area contributed by atoms with Crippen molar-refractivity contribution in [2.45, 2.75) is 33.3 Å². The lowest BCUT2D eigenvalue weighted by Gasteiger charge is -2.13. The van der Waals surface area contributed by atoms with Crippen molar-refractivity contribution in [1.29, 1.82) is 0 Å². The Morgan fingerprint density at radius 1 is 1.47 bits per heavy atom. The molecule has 0 saturated carbocycles. The number of halogens is 1. The van der Waals surface area contributed by atoms with E-state index in [0.717, 1.165) is 0 Å². The minimum Gasteiger partial charge on any atom is -0.392 e. The van der Waals surface area contributed by atoms with Crippen molar-refractivity contribution in [2.24, 2.45) is 0 Å². The van der Waals surface area contributed by atoms with Crippen molar-refractivity contribution in [3.8, 4) is 0 Å². The highest BCUT2D eigenvalue weighted by Crippen LogP contribution is 2.24.